The molecule has 0 atom stereocenters. The summed E-state index contributed by atoms with van der Waals surface area (Å²) in [4.78, 5) is 0. The maximum absolute atomic E-state index is 14.2. The summed E-state index contributed by atoms with van der Waals surface area (Å²) in [5.74, 6) is -0.378. The third-order valence-corrected chi connectivity index (χ3v) is 11.0. The Morgan fingerprint density at radius 3 is 1.47 bits per heavy atom. The van der Waals surface area contributed by atoms with Crippen LogP contribution in [0.1, 0.15) is 63.8 Å². The Hall–Kier alpha value is -6.68. The van der Waals surface area contributed by atoms with Crippen molar-refractivity contribution in [3.8, 4) is 33.8 Å². The number of methoxy groups -OCH3 is 2. The first kappa shape index (κ1) is 43.4. The van der Waals surface area contributed by atoms with Gasteiger partial charge in [0, 0.05) is 64.5 Å². The molecule has 2 aliphatic rings. The van der Waals surface area contributed by atoms with Gasteiger partial charge in [0.15, 0.2) is 0 Å². The number of nitrogens with one attached hydrogen (secondary N) is 4. The van der Waals surface area contributed by atoms with E-state index in [4.69, 9.17) is 9.47 Å². The summed E-state index contributed by atoms with van der Waals surface area (Å²) >= 11 is 0. The fourth-order valence-corrected chi connectivity index (χ4v) is 8.62. The average Bonchev–Trinajstić information content (AvgIpc) is 3.21. The molecule has 0 fully saturated rings. The van der Waals surface area contributed by atoms with Crippen LogP contribution in [0.5, 0.6) is 11.5 Å². The largest absolute Gasteiger partial charge is 0.496 e. The Labute approximate surface area is 361 Å². The average molecular weight is 841 g/mol. The molecule has 0 aromatic heterocycles. The van der Waals surface area contributed by atoms with Crippen LogP contribution in [-0.2, 0) is 13.1 Å². The van der Waals surface area contributed by atoms with E-state index < -0.39 is 0 Å². The van der Waals surface area contributed by atoms with Gasteiger partial charge < -0.3 is 30.7 Å². The van der Waals surface area contributed by atoms with E-state index in [0.717, 1.165) is 67.0 Å². The van der Waals surface area contributed by atoms with Crippen LogP contribution in [0.25, 0.3) is 33.4 Å². The number of allylic oxidation sites excluding steroid dienone is 2. The number of benzene rings is 6. The van der Waals surface area contributed by atoms with E-state index >= 15 is 0 Å². The molecule has 320 valence electrons. The minimum atomic E-state index is -0.357. The number of para-hydroxylation sites is 1. The normalized spacial score (nSPS) is 14.3. The topological polar surface area (TPSA) is 66.6 Å². The SMILES string of the molecule is COc1cc(F)ccc1-c1ccc2c(c1CNc1cccc(F)c1)C(C)=CC(C)(C)N2.COc1cc(F)ccc1-c1ccc2c(c1CNc1ccccc1F)C(C)=CC(C)(C)N2. The van der Waals surface area contributed by atoms with Crippen LogP contribution in [0.15, 0.2) is 121 Å². The lowest BCUT2D eigenvalue weighted by Crippen LogP contribution is -2.32. The molecule has 2 heterocycles. The zero-order valence-electron chi connectivity index (χ0n) is 36.3. The number of rotatable bonds is 10. The molecule has 0 amide bonds. The molecule has 10 heteroatoms. The van der Waals surface area contributed by atoms with Gasteiger partial charge in [0.1, 0.15) is 34.8 Å². The second-order valence-corrected chi connectivity index (χ2v) is 16.8. The summed E-state index contributed by atoms with van der Waals surface area (Å²) in [5.41, 5.74) is 12.7. The Kier molecular flexibility index (Phi) is 12.4. The highest BCUT2D eigenvalue weighted by Gasteiger charge is 2.28. The van der Waals surface area contributed by atoms with Crippen molar-refractivity contribution >= 4 is 33.9 Å². The Balaban J connectivity index is 0.000000186. The van der Waals surface area contributed by atoms with Crippen LogP contribution in [-0.4, -0.2) is 25.3 Å². The number of anilines is 4. The van der Waals surface area contributed by atoms with Crippen LogP contribution >= 0.6 is 0 Å². The van der Waals surface area contributed by atoms with Gasteiger partial charge in [-0.2, -0.15) is 0 Å². The molecule has 0 spiro atoms. The van der Waals surface area contributed by atoms with E-state index in [1.54, 1.807) is 36.4 Å². The van der Waals surface area contributed by atoms with E-state index in [-0.39, 0.29) is 34.3 Å². The molecule has 6 aromatic rings. The summed E-state index contributed by atoms with van der Waals surface area (Å²) in [6.07, 6.45) is 4.39. The summed E-state index contributed by atoms with van der Waals surface area (Å²) in [6, 6.07) is 30.2. The van der Waals surface area contributed by atoms with Gasteiger partial charge in [-0.25, -0.2) is 17.6 Å². The van der Waals surface area contributed by atoms with Gasteiger partial charge in [0.25, 0.3) is 0 Å². The first-order chi connectivity index (χ1) is 29.6. The fourth-order valence-electron chi connectivity index (χ4n) is 8.62. The minimum Gasteiger partial charge on any atom is -0.496 e. The van der Waals surface area contributed by atoms with Crippen molar-refractivity contribution in [3.05, 3.63) is 167 Å². The number of fused-ring (bicyclic) bond motifs is 2. The zero-order valence-corrected chi connectivity index (χ0v) is 36.3. The second-order valence-electron chi connectivity index (χ2n) is 16.8. The minimum absolute atomic E-state index is 0.167. The van der Waals surface area contributed by atoms with Crippen molar-refractivity contribution < 1.29 is 27.0 Å². The molecule has 0 saturated heterocycles. The van der Waals surface area contributed by atoms with Crippen LogP contribution in [0.3, 0.4) is 0 Å². The highest BCUT2D eigenvalue weighted by atomic mass is 19.1. The molecular weight excluding hydrogens is 789 g/mol. The van der Waals surface area contributed by atoms with Gasteiger partial charge in [-0.1, -0.05) is 42.5 Å². The second kappa shape index (κ2) is 17.7. The standard InChI is InChI=1S/2C26H26F2N2O/c1-16-14-26(2,3)30-23-11-10-20(21-9-8-18(28)13-24(21)31-4)22(25(16)23)15-29-19-7-5-6-17(27)12-19;1-16-14-26(2,3)30-23-12-11-18(19-10-9-17(27)13-24(19)31-4)20(25(16)23)15-29-22-8-6-5-7-21(22)28/h2*5-14,29-30H,15H2,1-4H3. The number of hydrogen-bond donors (Lipinski definition) is 4. The van der Waals surface area contributed by atoms with E-state index in [1.165, 1.54) is 56.7 Å². The summed E-state index contributed by atoms with van der Waals surface area (Å²) in [7, 11) is 3.07. The van der Waals surface area contributed by atoms with E-state index in [0.29, 0.717) is 36.0 Å². The van der Waals surface area contributed by atoms with Crippen LogP contribution in [0, 0.1) is 23.3 Å². The van der Waals surface area contributed by atoms with Gasteiger partial charge >= 0.3 is 0 Å². The molecule has 6 aromatic carbocycles. The molecule has 4 N–H and O–H groups in total. The maximum Gasteiger partial charge on any atom is 0.146 e. The fraction of sp³-hybridized carbons (Fsp3) is 0.231. The van der Waals surface area contributed by atoms with Gasteiger partial charge in [-0.05, 0) is 142 Å². The van der Waals surface area contributed by atoms with E-state index in [9.17, 15) is 17.6 Å². The third kappa shape index (κ3) is 9.44. The summed E-state index contributed by atoms with van der Waals surface area (Å²) < 4.78 is 66.5. The molecule has 2 aliphatic heterocycles. The number of ether oxygens (including phenoxy) is 2. The van der Waals surface area contributed by atoms with Gasteiger partial charge in [-0.15, -0.1) is 0 Å². The van der Waals surface area contributed by atoms with Crippen molar-refractivity contribution in [1.82, 2.24) is 0 Å². The molecule has 0 unspecified atom stereocenters. The Bertz CT molecular complexity index is 2710. The van der Waals surface area contributed by atoms with Crippen LogP contribution in [0.2, 0.25) is 0 Å². The molecule has 62 heavy (non-hydrogen) atoms. The first-order valence-corrected chi connectivity index (χ1v) is 20.5. The number of hydrogen-bond acceptors (Lipinski definition) is 6. The molecule has 0 bridgehead atoms. The lowest BCUT2D eigenvalue weighted by atomic mass is 9.85. The molecule has 0 aliphatic carbocycles. The van der Waals surface area contributed by atoms with Gasteiger partial charge in [0.05, 0.1) is 31.0 Å². The lowest BCUT2D eigenvalue weighted by Gasteiger charge is -2.33. The van der Waals surface area contributed by atoms with Crippen LogP contribution in [0.4, 0.5) is 40.3 Å². The molecule has 6 nitrogen and oxygen atoms in total. The molecule has 8 rings (SSSR count). The third-order valence-electron chi connectivity index (χ3n) is 11.0. The predicted octanol–water partition coefficient (Wildman–Crippen LogP) is 13.7. The van der Waals surface area contributed by atoms with Crippen molar-refractivity contribution in [3.63, 3.8) is 0 Å². The van der Waals surface area contributed by atoms with Crippen molar-refractivity contribution in [2.75, 3.05) is 35.5 Å². The van der Waals surface area contributed by atoms with E-state index in [2.05, 4.69) is 81.0 Å². The summed E-state index contributed by atoms with van der Waals surface area (Å²) in [6.45, 7) is 13.5. The quantitative estimate of drug-likeness (QED) is 0.103. The van der Waals surface area contributed by atoms with Gasteiger partial charge in [-0.3, -0.25) is 0 Å². The molecule has 0 radical (unpaired) electrons. The molecular formula is C52H52F4N4O2. The lowest BCUT2D eigenvalue weighted by molar-refractivity contribution is 0.413. The smallest absolute Gasteiger partial charge is 0.146 e. The van der Waals surface area contributed by atoms with Crippen molar-refractivity contribution in [2.24, 2.45) is 0 Å². The summed E-state index contributed by atoms with van der Waals surface area (Å²) in [5, 5.41) is 13.7. The van der Waals surface area contributed by atoms with Crippen molar-refractivity contribution in [1.29, 1.82) is 0 Å². The van der Waals surface area contributed by atoms with Gasteiger partial charge in [0.2, 0.25) is 0 Å². The highest BCUT2D eigenvalue weighted by Crippen LogP contribution is 2.44. The van der Waals surface area contributed by atoms with E-state index in [1.807, 2.05) is 24.3 Å². The highest BCUT2D eigenvalue weighted by molar-refractivity contribution is 5.90. The predicted molar refractivity (Wildman–Crippen MR) is 247 cm³/mol. The maximum atomic E-state index is 14.2. The van der Waals surface area contributed by atoms with Crippen molar-refractivity contribution in [2.45, 2.75) is 65.7 Å². The monoisotopic (exact) mass is 840 g/mol. The number of halogens is 4. The zero-order chi connectivity index (χ0) is 44.3. The molecule has 0 saturated carbocycles. The Morgan fingerprint density at radius 1 is 0.516 bits per heavy atom. The van der Waals surface area contributed by atoms with Crippen LogP contribution < -0.4 is 30.7 Å². The Morgan fingerprint density at radius 2 is 0.984 bits per heavy atom. The first-order valence-electron chi connectivity index (χ1n) is 20.5.